The van der Waals surface area contributed by atoms with Crippen LogP contribution in [0.25, 0.3) is 39.4 Å². The van der Waals surface area contributed by atoms with Crippen molar-refractivity contribution in [3.63, 3.8) is 0 Å². The van der Waals surface area contributed by atoms with E-state index in [0.717, 1.165) is 45.8 Å². The van der Waals surface area contributed by atoms with Gasteiger partial charge in [-0.15, -0.1) is 5.10 Å². The summed E-state index contributed by atoms with van der Waals surface area (Å²) in [7, 11) is 1.60. The highest BCUT2D eigenvalue weighted by Gasteiger charge is 2.21. The van der Waals surface area contributed by atoms with E-state index in [1.54, 1.807) is 7.11 Å². The average molecular weight is 534 g/mol. The van der Waals surface area contributed by atoms with Gasteiger partial charge < -0.3 is 9.47 Å². The molecule has 0 N–H and O–H groups in total. The number of aromatic nitrogens is 5. The number of para-hydroxylation sites is 2. The van der Waals surface area contributed by atoms with Gasteiger partial charge in [0, 0.05) is 23.7 Å². The van der Waals surface area contributed by atoms with Gasteiger partial charge in [0.2, 0.25) is 4.96 Å². The Morgan fingerprint density at radius 3 is 2.69 bits per heavy atom. The third kappa shape index (κ3) is 4.07. The van der Waals surface area contributed by atoms with E-state index >= 15 is 0 Å². The van der Waals surface area contributed by atoms with Crippen molar-refractivity contribution < 1.29 is 9.47 Å². The van der Waals surface area contributed by atoms with E-state index in [2.05, 4.69) is 23.1 Å². The highest BCUT2D eigenvalue weighted by Crippen LogP contribution is 2.34. The zero-order valence-corrected chi connectivity index (χ0v) is 22.1. The SMILES string of the molecule is COc1ccccc1-c1nc2s/c(=C\c3cn(-c4ccccc4)nc3-c3ccc4c(c3)CC(C)O4)c(=O)n2n1. The van der Waals surface area contributed by atoms with Crippen LogP contribution in [0.2, 0.25) is 0 Å². The first-order chi connectivity index (χ1) is 19.1. The summed E-state index contributed by atoms with van der Waals surface area (Å²) >= 11 is 1.30. The van der Waals surface area contributed by atoms with Gasteiger partial charge in [0.25, 0.3) is 5.56 Å². The second-order valence-corrected chi connectivity index (χ2v) is 10.4. The maximum Gasteiger partial charge on any atom is 0.291 e. The molecule has 9 heteroatoms. The van der Waals surface area contributed by atoms with Gasteiger partial charge >= 0.3 is 0 Å². The van der Waals surface area contributed by atoms with Crippen LogP contribution < -0.4 is 19.6 Å². The number of methoxy groups -OCH3 is 1. The highest BCUT2D eigenvalue weighted by molar-refractivity contribution is 7.15. The molecule has 0 radical (unpaired) electrons. The second kappa shape index (κ2) is 9.21. The van der Waals surface area contributed by atoms with Crippen molar-refractivity contribution in [1.29, 1.82) is 0 Å². The van der Waals surface area contributed by atoms with Crippen LogP contribution in [0.3, 0.4) is 0 Å². The molecule has 192 valence electrons. The lowest BCUT2D eigenvalue weighted by Gasteiger charge is -2.04. The van der Waals surface area contributed by atoms with E-state index in [1.165, 1.54) is 15.9 Å². The smallest absolute Gasteiger partial charge is 0.291 e. The number of benzene rings is 3. The number of hydrogen-bond donors (Lipinski definition) is 0. The number of rotatable bonds is 5. The van der Waals surface area contributed by atoms with Crippen molar-refractivity contribution in [3.05, 3.63) is 105 Å². The first-order valence-corrected chi connectivity index (χ1v) is 13.4. The lowest BCUT2D eigenvalue weighted by Crippen LogP contribution is -2.23. The predicted octanol–water partition coefficient (Wildman–Crippen LogP) is 4.55. The molecule has 0 aliphatic carbocycles. The molecule has 0 bridgehead atoms. The third-order valence-corrected chi connectivity index (χ3v) is 7.71. The van der Waals surface area contributed by atoms with E-state index in [-0.39, 0.29) is 11.7 Å². The highest BCUT2D eigenvalue weighted by atomic mass is 32.1. The van der Waals surface area contributed by atoms with Crippen LogP contribution in [0.15, 0.2) is 83.8 Å². The van der Waals surface area contributed by atoms with Crippen LogP contribution in [0.4, 0.5) is 0 Å². The fraction of sp³-hybridized carbons (Fsp3) is 0.133. The van der Waals surface area contributed by atoms with E-state index < -0.39 is 0 Å². The molecule has 1 aliphatic rings. The van der Waals surface area contributed by atoms with Gasteiger partial charge in [-0.25, -0.2) is 4.68 Å². The zero-order valence-electron chi connectivity index (χ0n) is 21.2. The molecule has 3 aromatic heterocycles. The van der Waals surface area contributed by atoms with Gasteiger partial charge in [0.1, 0.15) is 23.3 Å². The van der Waals surface area contributed by atoms with E-state index in [1.807, 2.05) is 83.7 Å². The number of ether oxygens (including phenoxy) is 2. The standard InChI is InChI=1S/C30H23N5O3S/c1-18-14-20-15-19(12-13-24(20)38-18)27-21(17-34(32-27)22-8-4-3-5-9-22)16-26-29(36)35-30(39-26)31-28(33-35)23-10-6-7-11-25(23)37-2/h3-13,15-18H,14H2,1-2H3/b26-16-. The van der Waals surface area contributed by atoms with E-state index in [9.17, 15) is 4.79 Å². The Morgan fingerprint density at radius 2 is 1.87 bits per heavy atom. The molecular weight excluding hydrogens is 510 g/mol. The van der Waals surface area contributed by atoms with Crippen LogP contribution in [0.1, 0.15) is 18.1 Å². The maximum absolute atomic E-state index is 13.4. The van der Waals surface area contributed by atoms with Crippen molar-refractivity contribution >= 4 is 22.4 Å². The van der Waals surface area contributed by atoms with Crippen LogP contribution in [0.5, 0.6) is 11.5 Å². The Hall–Kier alpha value is -4.76. The summed E-state index contributed by atoms with van der Waals surface area (Å²) in [4.78, 5) is 18.6. The van der Waals surface area contributed by atoms with Gasteiger partial charge in [-0.1, -0.05) is 41.7 Å². The summed E-state index contributed by atoms with van der Waals surface area (Å²) in [6.45, 7) is 2.07. The molecule has 0 saturated heterocycles. The van der Waals surface area contributed by atoms with E-state index in [0.29, 0.717) is 21.1 Å². The third-order valence-electron chi connectivity index (χ3n) is 6.75. The average Bonchev–Trinajstić information content (AvgIpc) is 3.72. The Labute approximate surface area is 227 Å². The molecule has 1 aliphatic heterocycles. The largest absolute Gasteiger partial charge is 0.496 e. The van der Waals surface area contributed by atoms with Crippen molar-refractivity contribution in [2.24, 2.45) is 0 Å². The minimum atomic E-state index is -0.224. The summed E-state index contributed by atoms with van der Waals surface area (Å²) in [5.74, 6) is 2.02. The van der Waals surface area contributed by atoms with Gasteiger partial charge in [0.15, 0.2) is 5.82 Å². The molecule has 4 heterocycles. The Kier molecular flexibility index (Phi) is 5.52. The molecule has 8 nitrogen and oxygen atoms in total. The van der Waals surface area contributed by atoms with Gasteiger partial charge in [-0.05, 0) is 61.0 Å². The van der Waals surface area contributed by atoms with Gasteiger partial charge in [0.05, 0.1) is 22.9 Å². The van der Waals surface area contributed by atoms with Crippen LogP contribution >= 0.6 is 11.3 Å². The molecule has 39 heavy (non-hydrogen) atoms. The number of thiazole rings is 1. The Balaban J connectivity index is 1.36. The lowest BCUT2D eigenvalue weighted by molar-refractivity contribution is 0.254. The van der Waals surface area contributed by atoms with E-state index in [4.69, 9.17) is 14.6 Å². The first-order valence-electron chi connectivity index (χ1n) is 12.6. The zero-order chi connectivity index (χ0) is 26.5. The topological polar surface area (TPSA) is 83.5 Å². The Bertz CT molecular complexity index is 1960. The maximum atomic E-state index is 13.4. The lowest BCUT2D eigenvalue weighted by atomic mass is 10.0. The Morgan fingerprint density at radius 1 is 1.05 bits per heavy atom. The van der Waals surface area contributed by atoms with Crippen molar-refractivity contribution in [3.8, 4) is 39.8 Å². The molecule has 3 aromatic carbocycles. The quantitative estimate of drug-likeness (QED) is 0.323. The minimum Gasteiger partial charge on any atom is -0.496 e. The predicted molar refractivity (Wildman–Crippen MR) is 151 cm³/mol. The van der Waals surface area contributed by atoms with Crippen molar-refractivity contribution in [2.75, 3.05) is 7.11 Å². The number of nitrogens with zero attached hydrogens (tertiary/aromatic N) is 5. The molecular formula is C30H23N5O3S. The summed E-state index contributed by atoms with van der Waals surface area (Å²) in [5, 5.41) is 9.43. The number of hydrogen-bond acceptors (Lipinski definition) is 7. The van der Waals surface area contributed by atoms with Gasteiger partial charge in [-0.2, -0.15) is 14.6 Å². The molecule has 0 amide bonds. The van der Waals surface area contributed by atoms with Crippen LogP contribution in [-0.4, -0.2) is 37.6 Å². The molecule has 6 aromatic rings. The van der Waals surface area contributed by atoms with Crippen molar-refractivity contribution in [2.45, 2.75) is 19.4 Å². The molecule has 0 spiro atoms. The number of fused-ring (bicyclic) bond motifs is 2. The molecule has 0 fully saturated rings. The second-order valence-electron chi connectivity index (χ2n) is 9.41. The monoisotopic (exact) mass is 533 g/mol. The molecule has 7 rings (SSSR count). The van der Waals surface area contributed by atoms with Crippen LogP contribution in [-0.2, 0) is 6.42 Å². The molecule has 1 atom stereocenters. The summed E-state index contributed by atoms with van der Waals surface area (Å²) < 4.78 is 15.1. The molecule has 1 unspecified atom stereocenters. The summed E-state index contributed by atoms with van der Waals surface area (Å²) in [6, 6.07) is 23.6. The minimum absolute atomic E-state index is 0.154. The molecule has 0 saturated carbocycles. The first kappa shape index (κ1) is 23.4. The summed E-state index contributed by atoms with van der Waals surface area (Å²) in [5.41, 5.74) is 5.19. The van der Waals surface area contributed by atoms with Crippen molar-refractivity contribution in [1.82, 2.24) is 24.4 Å². The summed E-state index contributed by atoms with van der Waals surface area (Å²) in [6.07, 6.45) is 4.84. The van der Waals surface area contributed by atoms with Gasteiger partial charge in [-0.3, -0.25) is 4.79 Å². The normalized spacial score (nSPS) is 15.0. The fourth-order valence-corrected chi connectivity index (χ4v) is 5.82. The fourth-order valence-electron chi connectivity index (χ4n) is 4.92. The van der Waals surface area contributed by atoms with Crippen LogP contribution in [0, 0.1) is 0 Å².